The normalized spacial score (nSPS) is 22.4. The highest BCUT2D eigenvalue weighted by Crippen LogP contribution is 2.43. The number of hydrogen-bond acceptors (Lipinski definition) is 3. The number of methoxy groups -OCH3 is 1. The molecule has 1 aromatic carbocycles. The van der Waals surface area contributed by atoms with E-state index in [9.17, 15) is 0 Å². The molecular weight excluding hydrogens is 308 g/mol. The third kappa shape index (κ3) is 4.27. The lowest BCUT2D eigenvalue weighted by molar-refractivity contribution is 0.341. The predicted molar refractivity (Wildman–Crippen MR) is 106 cm³/mol. The summed E-state index contributed by atoms with van der Waals surface area (Å²) in [6.45, 7) is 9.10. The van der Waals surface area contributed by atoms with Crippen LogP contribution in [-0.2, 0) is 6.42 Å². The molecule has 138 valence electrons. The first-order valence-corrected chi connectivity index (χ1v) is 9.81. The van der Waals surface area contributed by atoms with Crippen LogP contribution in [0.2, 0.25) is 0 Å². The zero-order valence-electron chi connectivity index (χ0n) is 16.6. The number of aryl methyl sites for hydroxylation is 1. The Balaban J connectivity index is 2.00. The summed E-state index contributed by atoms with van der Waals surface area (Å²) in [5, 5.41) is 3.69. The molecule has 1 aromatic rings. The Kier molecular flexibility index (Phi) is 5.85. The SMILES string of the molecule is COc1ccc2c(c1)CCC1CCN(C)CC(CC(C)NC(C)C)=C21. The number of fused-ring (bicyclic) bond motifs is 3. The Morgan fingerprint density at radius 1 is 1.24 bits per heavy atom. The number of hydrogen-bond donors (Lipinski definition) is 1. The van der Waals surface area contributed by atoms with Crippen LogP contribution < -0.4 is 10.1 Å². The van der Waals surface area contributed by atoms with Gasteiger partial charge in [0.15, 0.2) is 0 Å². The van der Waals surface area contributed by atoms with Gasteiger partial charge in [-0.2, -0.15) is 0 Å². The van der Waals surface area contributed by atoms with E-state index >= 15 is 0 Å². The van der Waals surface area contributed by atoms with Gasteiger partial charge in [0.2, 0.25) is 0 Å². The average Bonchev–Trinajstić information content (AvgIpc) is 2.72. The number of benzene rings is 1. The maximum absolute atomic E-state index is 5.46. The van der Waals surface area contributed by atoms with Crippen LogP contribution in [0.5, 0.6) is 5.75 Å². The maximum Gasteiger partial charge on any atom is 0.119 e. The molecule has 0 fully saturated rings. The summed E-state index contributed by atoms with van der Waals surface area (Å²) in [6, 6.07) is 7.74. The summed E-state index contributed by atoms with van der Waals surface area (Å²) in [6.07, 6.45) is 4.88. The molecule has 0 spiro atoms. The van der Waals surface area contributed by atoms with Gasteiger partial charge in [0.05, 0.1) is 7.11 Å². The van der Waals surface area contributed by atoms with Crippen molar-refractivity contribution in [3.63, 3.8) is 0 Å². The van der Waals surface area contributed by atoms with Crippen molar-refractivity contribution in [1.29, 1.82) is 0 Å². The van der Waals surface area contributed by atoms with Crippen molar-refractivity contribution in [3.8, 4) is 5.75 Å². The van der Waals surface area contributed by atoms with Crippen molar-refractivity contribution < 1.29 is 4.74 Å². The van der Waals surface area contributed by atoms with E-state index in [0.29, 0.717) is 18.0 Å². The number of rotatable bonds is 5. The zero-order chi connectivity index (χ0) is 18.0. The summed E-state index contributed by atoms with van der Waals surface area (Å²) in [4.78, 5) is 2.51. The van der Waals surface area contributed by atoms with Crippen LogP contribution in [-0.4, -0.2) is 44.2 Å². The predicted octanol–water partition coefficient (Wildman–Crippen LogP) is 4.12. The quantitative estimate of drug-likeness (QED) is 0.871. The van der Waals surface area contributed by atoms with Gasteiger partial charge in [-0.25, -0.2) is 0 Å². The van der Waals surface area contributed by atoms with Crippen LogP contribution in [0.4, 0.5) is 0 Å². The Hall–Kier alpha value is -1.32. The molecule has 25 heavy (non-hydrogen) atoms. The number of nitrogens with one attached hydrogen (secondary N) is 1. The molecule has 1 N–H and O–H groups in total. The number of likely N-dealkylation sites (N-methyl/N-ethyl adjacent to an activating group) is 1. The minimum Gasteiger partial charge on any atom is -0.497 e. The number of ether oxygens (including phenoxy) is 1. The van der Waals surface area contributed by atoms with Gasteiger partial charge in [0.1, 0.15) is 5.75 Å². The fraction of sp³-hybridized carbons (Fsp3) is 0.636. The van der Waals surface area contributed by atoms with Crippen molar-refractivity contribution in [2.45, 2.75) is 58.5 Å². The molecule has 0 aromatic heterocycles. The Morgan fingerprint density at radius 2 is 2.04 bits per heavy atom. The fourth-order valence-corrected chi connectivity index (χ4v) is 4.67. The largest absolute Gasteiger partial charge is 0.497 e. The van der Waals surface area contributed by atoms with Gasteiger partial charge in [-0.1, -0.05) is 25.5 Å². The van der Waals surface area contributed by atoms with Gasteiger partial charge >= 0.3 is 0 Å². The van der Waals surface area contributed by atoms with Gasteiger partial charge in [-0.3, -0.25) is 0 Å². The number of nitrogens with zero attached hydrogens (tertiary/aromatic N) is 1. The van der Waals surface area contributed by atoms with Crippen LogP contribution >= 0.6 is 0 Å². The van der Waals surface area contributed by atoms with Crippen LogP contribution in [0.3, 0.4) is 0 Å². The fourth-order valence-electron chi connectivity index (χ4n) is 4.67. The summed E-state index contributed by atoms with van der Waals surface area (Å²) < 4.78 is 5.46. The monoisotopic (exact) mass is 342 g/mol. The molecule has 0 saturated heterocycles. The van der Waals surface area contributed by atoms with Crippen molar-refractivity contribution in [1.82, 2.24) is 10.2 Å². The van der Waals surface area contributed by atoms with Crippen LogP contribution in [0.25, 0.3) is 5.57 Å². The second kappa shape index (κ2) is 7.92. The molecule has 1 heterocycles. The Bertz CT molecular complexity index is 635. The van der Waals surface area contributed by atoms with E-state index in [1.165, 1.54) is 36.9 Å². The highest BCUT2D eigenvalue weighted by atomic mass is 16.5. The molecule has 0 saturated carbocycles. The molecular formula is C22H34N2O. The molecule has 3 rings (SSSR count). The van der Waals surface area contributed by atoms with E-state index in [2.05, 4.69) is 56.2 Å². The maximum atomic E-state index is 5.46. The van der Waals surface area contributed by atoms with Gasteiger partial charge in [-0.05, 0) is 81.0 Å². The molecule has 1 aliphatic heterocycles. The molecule has 2 atom stereocenters. The van der Waals surface area contributed by atoms with Crippen molar-refractivity contribution >= 4 is 5.57 Å². The van der Waals surface area contributed by atoms with E-state index in [1.807, 2.05) is 0 Å². The third-order valence-corrected chi connectivity index (χ3v) is 5.64. The van der Waals surface area contributed by atoms with Gasteiger partial charge in [0.25, 0.3) is 0 Å². The van der Waals surface area contributed by atoms with Crippen LogP contribution in [0.15, 0.2) is 23.8 Å². The van der Waals surface area contributed by atoms with E-state index in [-0.39, 0.29) is 0 Å². The van der Waals surface area contributed by atoms with Crippen molar-refractivity contribution in [2.75, 3.05) is 27.2 Å². The summed E-state index contributed by atoms with van der Waals surface area (Å²) in [5.41, 5.74) is 6.23. The molecule has 3 heteroatoms. The van der Waals surface area contributed by atoms with Crippen molar-refractivity contribution in [2.24, 2.45) is 5.92 Å². The topological polar surface area (TPSA) is 24.5 Å². The molecule has 2 unspecified atom stereocenters. The third-order valence-electron chi connectivity index (χ3n) is 5.64. The van der Waals surface area contributed by atoms with Gasteiger partial charge in [0, 0.05) is 18.6 Å². The van der Waals surface area contributed by atoms with Crippen molar-refractivity contribution in [3.05, 3.63) is 34.9 Å². The first-order chi connectivity index (χ1) is 12.0. The van der Waals surface area contributed by atoms with Crippen LogP contribution in [0.1, 0.15) is 51.2 Å². The van der Waals surface area contributed by atoms with Gasteiger partial charge < -0.3 is 15.0 Å². The smallest absolute Gasteiger partial charge is 0.119 e. The van der Waals surface area contributed by atoms with E-state index < -0.39 is 0 Å². The molecule has 0 bridgehead atoms. The number of allylic oxidation sites excluding steroid dienone is 1. The second-order valence-corrected chi connectivity index (χ2v) is 8.23. The molecule has 0 radical (unpaired) electrons. The molecule has 3 nitrogen and oxygen atoms in total. The molecule has 1 aliphatic carbocycles. The first kappa shape index (κ1) is 18.5. The van der Waals surface area contributed by atoms with E-state index in [0.717, 1.165) is 18.7 Å². The van der Waals surface area contributed by atoms with E-state index in [1.54, 1.807) is 18.3 Å². The lowest BCUT2D eigenvalue weighted by Gasteiger charge is -2.30. The Labute approximate surface area is 153 Å². The second-order valence-electron chi connectivity index (χ2n) is 8.23. The molecule has 2 aliphatic rings. The minimum absolute atomic E-state index is 0.512. The lowest BCUT2D eigenvalue weighted by atomic mass is 9.75. The minimum atomic E-state index is 0.512. The summed E-state index contributed by atoms with van der Waals surface area (Å²) >= 11 is 0. The Morgan fingerprint density at radius 3 is 2.76 bits per heavy atom. The summed E-state index contributed by atoms with van der Waals surface area (Å²) in [5.74, 6) is 1.70. The van der Waals surface area contributed by atoms with Crippen LogP contribution in [0, 0.1) is 5.92 Å². The van der Waals surface area contributed by atoms with Gasteiger partial charge in [-0.15, -0.1) is 0 Å². The molecule has 0 amide bonds. The highest BCUT2D eigenvalue weighted by molar-refractivity contribution is 5.75. The lowest BCUT2D eigenvalue weighted by Crippen LogP contribution is -2.34. The zero-order valence-corrected chi connectivity index (χ0v) is 16.6. The standard InChI is InChI=1S/C22H34N2O/c1-15(2)23-16(3)12-19-14-24(4)11-10-17-6-7-18-13-20(25-5)8-9-21(18)22(17)19/h8-9,13,15-17,23H,6-7,10-12,14H2,1-5H3. The first-order valence-electron chi connectivity index (χ1n) is 9.81. The van der Waals surface area contributed by atoms with E-state index in [4.69, 9.17) is 4.74 Å². The average molecular weight is 343 g/mol. The summed E-state index contributed by atoms with van der Waals surface area (Å²) in [7, 11) is 4.03. The highest BCUT2D eigenvalue weighted by Gasteiger charge is 2.30.